The smallest absolute Gasteiger partial charge is 0.310 e. The van der Waals surface area contributed by atoms with Gasteiger partial charge in [0, 0.05) is 5.02 Å². The molecule has 2 aromatic carbocycles. The van der Waals surface area contributed by atoms with Gasteiger partial charge in [0.1, 0.15) is 12.4 Å². The summed E-state index contributed by atoms with van der Waals surface area (Å²) in [4.78, 5) is 11.8. The molecule has 0 bridgehead atoms. The summed E-state index contributed by atoms with van der Waals surface area (Å²) in [6.07, 6.45) is 0.176. The highest BCUT2D eigenvalue weighted by Crippen LogP contribution is 2.16. The zero-order chi connectivity index (χ0) is 14.4. The molecule has 0 N–H and O–H groups in total. The first kappa shape index (κ1) is 14.4. The fraction of sp³-hybridized carbons (Fsp3) is 0.188. The number of hydrogen-bond donors (Lipinski definition) is 0. The summed E-state index contributed by atoms with van der Waals surface area (Å²) in [6, 6.07) is 14.6. The van der Waals surface area contributed by atoms with Crippen molar-refractivity contribution in [3.8, 4) is 5.75 Å². The number of rotatable bonds is 5. The van der Waals surface area contributed by atoms with Crippen LogP contribution in [0.15, 0.2) is 48.5 Å². The summed E-state index contributed by atoms with van der Waals surface area (Å²) < 4.78 is 10.3. The third-order valence-electron chi connectivity index (χ3n) is 2.85. The van der Waals surface area contributed by atoms with Gasteiger partial charge in [-0.2, -0.15) is 0 Å². The first-order chi connectivity index (χ1) is 9.69. The fourth-order valence-electron chi connectivity index (χ4n) is 1.73. The maximum absolute atomic E-state index is 11.8. The van der Waals surface area contributed by atoms with Crippen LogP contribution in [-0.2, 0) is 22.6 Å². The van der Waals surface area contributed by atoms with E-state index in [1.54, 1.807) is 13.2 Å². The number of ether oxygens (including phenoxy) is 2. The topological polar surface area (TPSA) is 35.5 Å². The van der Waals surface area contributed by atoms with Crippen LogP contribution in [0.2, 0.25) is 5.02 Å². The summed E-state index contributed by atoms with van der Waals surface area (Å²) in [7, 11) is 1.61. The monoisotopic (exact) mass is 290 g/mol. The Labute approximate surface area is 123 Å². The van der Waals surface area contributed by atoms with Crippen molar-refractivity contribution in [2.24, 2.45) is 0 Å². The molecule has 0 heterocycles. The minimum atomic E-state index is -0.297. The number of methoxy groups -OCH3 is 1. The lowest BCUT2D eigenvalue weighted by atomic mass is 10.1. The van der Waals surface area contributed by atoms with Gasteiger partial charge < -0.3 is 9.47 Å². The van der Waals surface area contributed by atoms with Crippen molar-refractivity contribution in [3.63, 3.8) is 0 Å². The quantitative estimate of drug-likeness (QED) is 0.789. The molecule has 0 amide bonds. The van der Waals surface area contributed by atoms with Gasteiger partial charge in [0.25, 0.3) is 0 Å². The molecule has 0 aliphatic carbocycles. The second kappa shape index (κ2) is 6.96. The molecule has 2 rings (SSSR count). The van der Waals surface area contributed by atoms with Gasteiger partial charge >= 0.3 is 5.97 Å². The Hall–Kier alpha value is -2.00. The molecule has 4 heteroatoms. The lowest BCUT2D eigenvalue weighted by Gasteiger charge is -2.07. The molecule has 104 valence electrons. The van der Waals surface area contributed by atoms with E-state index in [0.29, 0.717) is 5.02 Å². The third-order valence-corrected chi connectivity index (χ3v) is 3.22. The fourth-order valence-corrected chi connectivity index (χ4v) is 1.94. The molecular formula is C16H15ClO3. The molecule has 0 fully saturated rings. The summed E-state index contributed by atoms with van der Waals surface area (Å²) in [5, 5.41) is 0.578. The Kier molecular flexibility index (Phi) is 5.02. The van der Waals surface area contributed by atoms with Gasteiger partial charge in [-0.05, 0) is 29.3 Å². The standard InChI is InChI=1S/C16H15ClO3/c1-19-14-8-6-12(7-9-14)11-20-16(18)10-13-4-2-3-5-15(13)17/h2-9H,10-11H2,1H3. The van der Waals surface area contributed by atoms with Crippen LogP contribution in [0.5, 0.6) is 5.75 Å². The normalized spacial score (nSPS) is 10.1. The Morgan fingerprint density at radius 1 is 1.10 bits per heavy atom. The van der Waals surface area contributed by atoms with E-state index < -0.39 is 0 Å². The zero-order valence-corrected chi connectivity index (χ0v) is 11.9. The van der Waals surface area contributed by atoms with Crippen molar-refractivity contribution in [2.45, 2.75) is 13.0 Å². The van der Waals surface area contributed by atoms with E-state index in [9.17, 15) is 4.79 Å². The first-order valence-electron chi connectivity index (χ1n) is 6.21. The molecule has 0 radical (unpaired) electrons. The van der Waals surface area contributed by atoms with E-state index in [-0.39, 0.29) is 19.0 Å². The summed E-state index contributed by atoms with van der Waals surface area (Å²) in [5.41, 5.74) is 1.69. The minimum Gasteiger partial charge on any atom is -0.497 e. The van der Waals surface area contributed by atoms with Gasteiger partial charge in [-0.15, -0.1) is 0 Å². The van der Waals surface area contributed by atoms with Crippen LogP contribution in [0.25, 0.3) is 0 Å². The Morgan fingerprint density at radius 3 is 2.45 bits per heavy atom. The molecule has 0 aromatic heterocycles. The Morgan fingerprint density at radius 2 is 1.80 bits per heavy atom. The predicted octanol–water partition coefficient (Wildman–Crippen LogP) is 3.63. The van der Waals surface area contributed by atoms with E-state index in [0.717, 1.165) is 16.9 Å². The SMILES string of the molecule is COc1ccc(COC(=O)Cc2ccccc2Cl)cc1. The molecule has 0 unspecified atom stereocenters. The lowest BCUT2D eigenvalue weighted by Crippen LogP contribution is -2.08. The van der Waals surface area contributed by atoms with Gasteiger partial charge in [-0.25, -0.2) is 0 Å². The van der Waals surface area contributed by atoms with Gasteiger partial charge in [0.05, 0.1) is 13.5 Å². The molecule has 20 heavy (non-hydrogen) atoms. The first-order valence-corrected chi connectivity index (χ1v) is 6.59. The van der Waals surface area contributed by atoms with E-state index in [2.05, 4.69) is 0 Å². The predicted molar refractivity (Wildman–Crippen MR) is 77.9 cm³/mol. The maximum Gasteiger partial charge on any atom is 0.310 e. The second-order valence-corrected chi connectivity index (χ2v) is 4.68. The number of carbonyl (C=O) groups excluding carboxylic acids is 1. The molecule has 0 aliphatic rings. The molecule has 0 atom stereocenters. The average molecular weight is 291 g/mol. The van der Waals surface area contributed by atoms with Crippen LogP contribution in [0.4, 0.5) is 0 Å². The molecule has 3 nitrogen and oxygen atoms in total. The number of benzene rings is 2. The molecule has 0 spiro atoms. The van der Waals surface area contributed by atoms with Gasteiger partial charge in [0.2, 0.25) is 0 Å². The number of carbonyl (C=O) groups is 1. The Bertz CT molecular complexity index is 579. The molecule has 0 saturated heterocycles. The number of halogens is 1. The highest BCUT2D eigenvalue weighted by atomic mass is 35.5. The van der Waals surface area contributed by atoms with Gasteiger partial charge in [-0.3, -0.25) is 4.79 Å². The average Bonchev–Trinajstić information content (AvgIpc) is 2.48. The second-order valence-electron chi connectivity index (χ2n) is 4.28. The van der Waals surface area contributed by atoms with Crippen LogP contribution in [0.1, 0.15) is 11.1 Å². The lowest BCUT2D eigenvalue weighted by molar-refractivity contribution is -0.144. The summed E-state index contributed by atoms with van der Waals surface area (Å²) >= 11 is 6.00. The summed E-state index contributed by atoms with van der Waals surface area (Å²) in [5.74, 6) is 0.477. The largest absolute Gasteiger partial charge is 0.497 e. The van der Waals surface area contributed by atoms with E-state index in [1.165, 1.54) is 0 Å². The molecule has 0 saturated carbocycles. The van der Waals surface area contributed by atoms with Crippen molar-refractivity contribution in [1.29, 1.82) is 0 Å². The van der Waals surface area contributed by atoms with Crippen LogP contribution in [-0.4, -0.2) is 13.1 Å². The van der Waals surface area contributed by atoms with Crippen LogP contribution < -0.4 is 4.74 Å². The van der Waals surface area contributed by atoms with Crippen molar-refractivity contribution in [2.75, 3.05) is 7.11 Å². The van der Waals surface area contributed by atoms with Crippen molar-refractivity contribution in [3.05, 3.63) is 64.7 Å². The van der Waals surface area contributed by atoms with E-state index >= 15 is 0 Å². The third kappa shape index (κ3) is 4.00. The highest BCUT2D eigenvalue weighted by molar-refractivity contribution is 6.31. The van der Waals surface area contributed by atoms with Gasteiger partial charge in [0.15, 0.2) is 0 Å². The summed E-state index contributed by atoms with van der Waals surface area (Å²) in [6.45, 7) is 0.243. The Balaban J connectivity index is 1.87. The molecular weight excluding hydrogens is 276 g/mol. The molecule has 0 aliphatic heterocycles. The van der Waals surface area contributed by atoms with Crippen molar-refractivity contribution in [1.82, 2.24) is 0 Å². The minimum absolute atomic E-state index is 0.176. The van der Waals surface area contributed by atoms with Crippen molar-refractivity contribution < 1.29 is 14.3 Å². The van der Waals surface area contributed by atoms with Crippen LogP contribution in [0, 0.1) is 0 Å². The van der Waals surface area contributed by atoms with Gasteiger partial charge in [-0.1, -0.05) is 41.9 Å². The zero-order valence-electron chi connectivity index (χ0n) is 11.1. The van der Waals surface area contributed by atoms with E-state index in [1.807, 2.05) is 42.5 Å². The highest BCUT2D eigenvalue weighted by Gasteiger charge is 2.08. The van der Waals surface area contributed by atoms with Crippen LogP contribution >= 0.6 is 11.6 Å². The van der Waals surface area contributed by atoms with Crippen molar-refractivity contribution >= 4 is 17.6 Å². The number of hydrogen-bond acceptors (Lipinski definition) is 3. The van der Waals surface area contributed by atoms with E-state index in [4.69, 9.17) is 21.1 Å². The molecule has 2 aromatic rings. The maximum atomic E-state index is 11.8. The van der Waals surface area contributed by atoms with Crippen LogP contribution in [0.3, 0.4) is 0 Å². The number of esters is 1.